The maximum absolute atomic E-state index is 9.55. The summed E-state index contributed by atoms with van der Waals surface area (Å²) in [5.74, 6) is 0.771. The molecule has 1 aliphatic carbocycles. The Morgan fingerprint density at radius 2 is 1.90 bits per heavy atom. The van der Waals surface area contributed by atoms with Gasteiger partial charge in [0.1, 0.15) is 5.82 Å². The molecule has 2 aromatic rings. The second-order valence-electron chi connectivity index (χ2n) is 5.50. The van der Waals surface area contributed by atoms with E-state index >= 15 is 0 Å². The Kier molecular flexibility index (Phi) is 3.85. The fraction of sp³-hybridized carbons (Fsp3) is 0.438. The van der Waals surface area contributed by atoms with Gasteiger partial charge in [-0.15, -0.1) is 0 Å². The van der Waals surface area contributed by atoms with Gasteiger partial charge in [0, 0.05) is 17.0 Å². The van der Waals surface area contributed by atoms with Gasteiger partial charge in [-0.1, -0.05) is 18.2 Å². The van der Waals surface area contributed by atoms with Crippen LogP contribution in [0.3, 0.4) is 0 Å². The summed E-state index contributed by atoms with van der Waals surface area (Å²) < 4.78 is 0. The van der Waals surface area contributed by atoms with Crippen LogP contribution < -0.4 is 5.32 Å². The lowest BCUT2D eigenvalue weighted by molar-refractivity contribution is 0.126. The Morgan fingerprint density at radius 3 is 2.65 bits per heavy atom. The second-order valence-corrected chi connectivity index (χ2v) is 5.50. The quantitative estimate of drug-likeness (QED) is 0.803. The van der Waals surface area contributed by atoms with E-state index in [0.717, 1.165) is 48.0 Å². The molecule has 0 unspecified atom stereocenters. The topological polar surface area (TPSA) is 65.4 Å². The van der Waals surface area contributed by atoms with E-state index in [9.17, 15) is 10.2 Å². The first-order valence-corrected chi connectivity index (χ1v) is 7.20. The minimum absolute atomic E-state index is 0.0183. The summed E-state index contributed by atoms with van der Waals surface area (Å²) in [6, 6.07) is 10.2. The summed E-state index contributed by atoms with van der Waals surface area (Å²) >= 11 is 0. The standard InChI is InChI=1S/C16H20N2O2/c19-10-12-9-11-3-1-2-4-15(11)18-16(12)17-13-5-7-14(20)8-6-13/h1-4,9,13-14,19-20H,5-8,10H2,(H,17,18). The van der Waals surface area contributed by atoms with Crippen LogP contribution >= 0.6 is 0 Å². The van der Waals surface area contributed by atoms with Gasteiger partial charge < -0.3 is 15.5 Å². The number of rotatable bonds is 3. The zero-order chi connectivity index (χ0) is 13.9. The van der Waals surface area contributed by atoms with E-state index in [1.807, 2.05) is 30.3 Å². The molecule has 106 valence electrons. The lowest BCUT2D eigenvalue weighted by atomic mass is 9.93. The van der Waals surface area contributed by atoms with E-state index in [-0.39, 0.29) is 12.7 Å². The molecular formula is C16H20N2O2. The molecule has 4 nitrogen and oxygen atoms in total. The molecule has 0 bridgehead atoms. The second kappa shape index (κ2) is 5.77. The van der Waals surface area contributed by atoms with Crippen molar-refractivity contribution < 1.29 is 10.2 Å². The number of aromatic nitrogens is 1. The zero-order valence-electron chi connectivity index (χ0n) is 11.4. The van der Waals surface area contributed by atoms with Crippen molar-refractivity contribution in [1.82, 2.24) is 4.98 Å². The number of hydrogen-bond donors (Lipinski definition) is 3. The first-order valence-electron chi connectivity index (χ1n) is 7.20. The molecule has 3 N–H and O–H groups in total. The number of anilines is 1. The molecule has 0 spiro atoms. The maximum atomic E-state index is 9.55. The number of para-hydroxylation sites is 1. The predicted octanol–water partition coefficient (Wildman–Crippen LogP) is 2.44. The molecule has 1 saturated carbocycles. The first kappa shape index (κ1) is 13.3. The fourth-order valence-corrected chi connectivity index (χ4v) is 2.82. The molecule has 20 heavy (non-hydrogen) atoms. The molecule has 1 heterocycles. The highest BCUT2D eigenvalue weighted by Gasteiger charge is 2.20. The van der Waals surface area contributed by atoms with Crippen LogP contribution in [-0.4, -0.2) is 27.3 Å². The van der Waals surface area contributed by atoms with Gasteiger partial charge in [0.05, 0.1) is 18.2 Å². The van der Waals surface area contributed by atoms with Gasteiger partial charge in [-0.3, -0.25) is 0 Å². The largest absolute Gasteiger partial charge is 0.393 e. The van der Waals surface area contributed by atoms with Crippen molar-refractivity contribution in [3.63, 3.8) is 0 Å². The highest BCUT2D eigenvalue weighted by Crippen LogP contribution is 2.25. The summed E-state index contributed by atoms with van der Waals surface area (Å²) in [7, 11) is 0. The van der Waals surface area contributed by atoms with Gasteiger partial charge in [-0.05, 0) is 37.8 Å². The smallest absolute Gasteiger partial charge is 0.132 e. The Labute approximate surface area is 118 Å². The van der Waals surface area contributed by atoms with Crippen molar-refractivity contribution in [2.24, 2.45) is 0 Å². The average molecular weight is 272 g/mol. The molecule has 1 fully saturated rings. The van der Waals surface area contributed by atoms with Crippen LogP contribution in [-0.2, 0) is 6.61 Å². The van der Waals surface area contributed by atoms with Crippen molar-refractivity contribution in [3.05, 3.63) is 35.9 Å². The summed E-state index contributed by atoms with van der Waals surface area (Å²) in [5, 5.41) is 23.6. The van der Waals surface area contributed by atoms with Crippen LogP contribution in [0.15, 0.2) is 30.3 Å². The van der Waals surface area contributed by atoms with Gasteiger partial charge in [-0.2, -0.15) is 0 Å². The Balaban J connectivity index is 1.86. The normalized spacial score (nSPS) is 22.9. The van der Waals surface area contributed by atoms with Crippen molar-refractivity contribution in [1.29, 1.82) is 0 Å². The minimum atomic E-state index is -0.157. The van der Waals surface area contributed by atoms with Gasteiger partial charge in [0.2, 0.25) is 0 Å². The maximum Gasteiger partial charge on any atom is 0.132 e. The van der Waals surface area contributed by atoms with Gasteiger partial charge >= 0.3 is 0 Å². The van der Waals surface area contributed by atoms with Crippen molar-refractivity contribution in [3.8, 4) is 0 Å². The average Bonchev–Trinajstić information content (AvgIpc) is 2.49. The Bertz CT molecular complexity index is 592. The summed E-state index contributed by atoms with van der Waals surface area (Å²) in [5.41, 5.74) is 1.76. The SMILES string of the molecule is OCc1cc2ccccc2nc1NC1CCC(O)CC1. The van der Waals surface area contributed by atoms with Crippen LogP contribution in [0, 0.1) is 0 Å². The fourth-order valence-electron chi connectivity index (χ4n) is 2.82. The number of benzene rings is 1. The number of nitrogens with one attached hydrogen (secondary N) is 1. The number of nitrogens with zero attached hydrogens (tertiary/aromatic N) is 1. The lowest BCUT2D eigenvalue weighted by Gasteiger charge is -2.27. The third-order valence-corrected chi connectivity index (χ3v) is 4.01. The molecule has 3 rings (SSSR count). The monoisotopic (exact) mass is 272 g/mol. The van der Waals surface area contributed by atoms with E-state index < -0.39 is 0 Å². The predicted molar refractivity (Wildman–Crippen MR) is 79.6 cm³/mol. The number of fused-ring (bicyclic) bond motifs is 1. The van der Waals surface area contributed by atoms with E-state index in [2.05, 4.69) is 10.3 Å². The highest BCUT2D eigenvalue weighted by molar-refractivity contribution is 5.81. The summed E-state index contributed by atoms with van der Waals surface area (Å²) in [6.07, 6.45) is 3.40. The summed E-state index contributed by atoms with van der Waals surface area (Å²) in [6.45, 7) is -0.0183. The van der Waals surface area contributed by atoms with Crippen LogP contribution in [0.5, 0.6) is 0 Å². The van der Waals surface area contributed by atoms with E-state index in [4.69, 9.17) is 0 Å². The number of aliphatic hydroxyl groups excluding tert-OH is 2. The minimum Gasteiger partial charge on any atom is -0.393 e. The molecule has 4 heteroatoms. The van der Waals surface area contributed by atoms with Gasteiger partial charge in [-0.25, -0.2) is 4.98 Å². The lowest BCUT2D eigenvalue weighted by Crippen LogP contribution is -2.29. The molecular weight excluding hydrogens is 252 g/mol. The molecule has 0 saturated heterocycles. The van der Waals surface area contributed by atoms with Gasteiger partial charge in [0.15, 0.2) is 0 Å². The number of hydrogen-bond acceptors (Lipinski definition) is 4. The van der Waals surface area contributed by atoms with Crippen molar-refractivity contribution >= 4 is 16.7 Å². The summed E-state index contributed by atoms with van der Waals surface area (Å²) in [4.78, 5) is 4.63. The molecule has 0 radical (unpaired) electrons. The van der Waals surface area contributed by atoms with Crippen molar-refractivity contribution in [2.75, 3.05) is 5.32 Å². The molecule has 0 atom stereocenters. The van der Waals surface area contributed by atoms with Crippen LogP contribution in [0.2, 0.25) is 0 Å². The number of pyridine rings is 1. The van der Waals surface area contributed by atoms with E-state index in [1.165, 1.54) is 0 Å². The van der Waals surface area contributed by atoms with Crippen LogP contribution in [0.1, 0.15) is 31.2 Å². The molecule has 1 aliphatic rings. The van der Waals surface area contributed by atoms with Crippen LogP contribution in [0.25, 0.3) is 10.9 Å². The Hall–Kier alpha value is -1.65. The third kappa shape index (κ3) is 2.76. The van der Waals surface area contributed by atoms with E-state index in [0.29, 0.717) is 6.04 Å². The Morgan fingerprint density at radius 1 is 1.15 bits per heavy atom. The third-order valence-electron chi connectivity index (χ3n) is 4.01. The van der Waals surface area contributed by atoms with Crippen molar-refractivity contribution in [2.45, 2.75) is 44.4 Å². The first-order chi connectivity index (χ1) is 9.76. The highest BCUT2D eigenvalue weighted by atomic mass is 16.3. The van der Waals surface area contributed by atoms with E-state index in [1.54, 1.807) is 0 Å². The molecule has 0 amide bonds. The zero-order valence-corrected chi connectivity index (χ0v) is 11.4. The molecule has 1 aromatic heterocycles. The van der Waals surface area contributed by atoms with Gasteiger partial charge in [0.25, 0.3) is 0 Å². The molecule has 0 aliphatic heterocycles. The number of aliphatic hydroxyl groups is 2. The molecule has 1 aromatic carbocycles. The van der Waals surface area contributed by atoms with Crippen LogP contribution in [0.4, 0.5) is 5.82 Å².